The van der Waals surface area contributed by atoms with Crippen molar-refractivity contribution in [3.05, 3.63) is 53.9 Å². The first-order chi connectivity index (χ1) is 13.6. The number of nitrogens with zero attached hydrogens (tertiary/aromatic N) is 3. The number of hydrogen-bond donors (Lipinski definition) is 1. The van der Waals surface area contributed by atoms with E-state index in [4.69, 9.17) is 4.74 Å². The van der Waals surface area contributed by atoms with Gasteiger partial charge in [0.1, 0.15) is 0 Å². The lowest BCUT2D eigenvalue weighted by molar-refractivity contribution is 0.0372. The molecular formula is C22H32N4O2. The Hall–Kier alpha value is -2.18. The lowest BCUT2D eigenvalue weighted by Crippen LogP contribution is -2.39. The van der Waals surface area contributed by atoms with Gasteiger partial charge in [-0.25, -0.2) is 0 Å². The van der Waals surface area contributed by atoms with E-state index in [2.05, 4.69) is 34.4 Å². The molecule has 2 aromatic rings. The molecule has 1 fully saturated rings. The second kappa shape index (κ2) is 10.4. The van der Waals surface area contributed by atoms with Crippen molar-refractivity contribution in [1.29, 1.82) is 0 Å². The number of amides is 1. The molecule has 1 atom stereocenters. The van der Waals surface area contributed by atoms with Crippen molar-refractivity contribution in [1.82, 2.24) is 20.0 Å². The minimum Gasteiger partial charge on any atom is -0.374 e. The van der Waals surface area contributed by atoms with Gasteiger partial charge in [-0.1, -0.05) is 30.3 Å². The number of aromatic nitrogens is 2. The monoisotopic (exact) mass is 384 g/mol. The zero-order valence-electron chi connectivity index (χ0n) is 17.0. The lowest BCUT2D eigenvalue weighted by atomic mass is 9.96. The van der Waals surface area contributed by atoms with Gasteiger partial charge in [0.15, 0.2) is 0 Å². The summed E-state index contributed by atoms with van der Waals surface area (Å²) in [4.78, 5) is 14.6. The van der Waals surface area contributed by atoms with Crippen LogP contribution in [0.2, 0.25) is 0 Å². The molecule has 1 aromatic heterocycles. The van der Waals surface area contributed by atoms with Gasteiger partial charge in [-0.15, -0.1) is 0 Å². The highest BCUT2D eigenvalue weighted by Crippen LogP contribution is 2.17. The molecule has 28 heavy (non-hydrogen) atoms. The number of benzene rings is 1. The molecule has 0 saturated carbocycles. The van der Waals surface area contributed by atoms with Crippen LogP contribution in [-0.2, 0) is 18.4 Å². The molecule has 1 aromatic carbocycles. The summed E-state index contributed by atoms with van der Waals surface area (Å²) < 4.78 is 7.62. The molecule has 1 amide bonds. The molecule has 6 heteroatoms. The molecule has 1 aliphatic rings. The largest absolute Gasteiger partial charge is 0.374 e. The van der Waals surface area contributed by atoms with Gasteiger partial charge in [-0.05, 0) is 50.8 Å². The lowest BCUT2D eigenvalue weighted by Gasteiger charge is -2.32. The summed E-state index contributed by atoms with van der Waals surface area (Å²) in [5.74, 6) is 0.531. The summed E-state index contributed by atoms with van der Waals surface area (Å²) in [5.41, 5.74) is 1.85. The first-order valence-corrected chi connectivity index (χ1v) is 10.2. The van der Waals surface area contributed by atoms with Crippen molar-refractivity contribution in [3.63, 3.8) is 0 Å². The number of piperidine rings is 1. The minimum atomic E-state index is -0.0279. The van der Waals surface area contributed by atoms with Crippen molar-refractivity contribution < 1.29 is 9.53 Å². The fourth-order valence-corrected chi connectivity index (χ4v) is 3.55. The predicted octanol–water partition coefficient (Wildman–Crippen LogP) is 2.86. The molecule has 6 nitrogen and oxygen atoms in total. The van der Waals surface area contributed by atoms with Crippen LogP contribution in [0.1, 0.15) is 42.1 Å². The maximum atomic E-state index is 12.1. The molecule has 3 rings (SSSR count). The number of likely N-dealkylation sites (tertiary alicyclic amines) is 1. The number of hydrogen-bond acceptors (Lipinski definition) is 4. The second-order valence-corrected chi connectivity index (χ2v) is 7.79. The third kappa shape index (κ3) is 6.46. The van der Waals surface area contributed by atoms with Crippen LogP contribution in [0.5, 0.6) is 0 Å². The molecule has 1 unspecified atom stereocenters. The van der Waals surface area contributed by atoms with E-state index < -0.39 is 0 Å². The van der Waals surface area contributed by atoms with Crippen LogP contribution >= 0.6 is 0 Å². The third-order valence-electron chi connectivity index (χ3n) is 5.45. The van der Waals surface area contributed by atoms with Crippen molar-refractivity contribution in [2.75, 3.05) is 26.2 Å². The summed E-state index contributed by atoms with van der Waals surface area (Å²) in [6.07, 6.45) is 6.93. The molecule has 152 valence electrons. The Morgan fingerprint density at radius 3 is 2.71 bits per heavy atom. The number of aryl methyl sites for hydroxylation is 1. The SMILES string of the molecule is CC(CCN1CCC(CNC(=O)c2cnn(C)c2)CC1)OCc1ccccc1. The minimum absolute atomic E-state index is 0.0279. The van der Waals surface area contributed by atoms with Gasteiger partial charge in [-0.2, -0.15) is 5.10 Å². The Bertz CT molecular complexity index is 723. The van der Waals surface area contributed by atoms with E-state index >= 15 is 0 Å². The number of carbonyl (C=O) groups is 1. The van der Waals surface area contributed by atoms with Crippen LogP contribution in [0.15, 0.2) is 42.7 Å². The molecule has 1 saturated heterocycles. The van der Waals surface area contributed by atoms with Gasteiger partial charge >= 0.3 is 0 Å². The summed E-state index contributed by atoms with van der Waals surface area (Å²) in [7, 11) is 1.82. The van der Waals surface area contributed by atoms with Gasteiger partial charge < -0.3 is 15.0 Å². The van der Waals surface area contributed by atoms with E-state index in [-0.39, 0.29) is 12.0 Å². The molecule has 1 N–H and O–H groups in total. The Morgan fingerprint density at radius 2 is 2.04 bits per heavy atom. The van der Waals surface area contributed by atoms with Gasteiger partial charge in [-0.3, -0.25) is 9.48 Å². The van der Waals surface area contributed by atoms with Crippen LogP contribution in [-0.4, -0.2) is 52.9 Å². The molecular weight excluding hydrogens is 352 g/mol. The van der Waals surface area contributed by atoms with Crippen LogP contribution < -0.4 is 5.32 Å². The van der Waals surface area contributed by atoms with E-state index in [9.17, 15) is 4.79 Å². The zero-order chi connectivity index (χ0) is 19.8. The quantitative estimate of drug-likeness (QED) is 0.722. The normalized spacial score (nSPS) is 16.8. The number of ether oxygens (including phenoxy) is 1. The van der Waals surface area contributed by atoms with Crippen molar-refractivity contribution in [3.8, 4) is 0 Å². The number of carbonyl (C=O) groups excluding carboxylic acids is 1. The van der Waals surface area contributed by atoms with E-state index in [0.29, 0.717) is 18.1 Å². The van der Waals surface area contributed by atoms with Crippen LogP contribution in [0, 0.1) is 5.92 Å². The highest BCUT2D eigenvalue weighted by atomic mass is 16.5. The van der Waals surface area contributed by atoms with Crippen LogP contribution in [0.25, 0.3) is 0 Å². The first-order valence-electron chi connectivity index (χ1n) is 10.2. The maximum Gasteiger partial charge on any atom is 0.254 e. The van der Waals surface area contributed by atoms with Gasteiger partial charge in [0.2, 0.25) is 0 Å². The van der Waals surface area contributed by atoms with Gasteiger partial charge in [0.25, 0.3) is 5.91 Å². The average Bonchev–Trinajstić information content (AvgIpc) is 3.17. The topological polar surface area (TPSA) is 59.4 Å². The van der Waals surface area contributed by atoms with Crippen molar-refractivity contribution in [2.45, 2.75) is 38.9 Å². The van der Waals surface area contributed by atoms with Crippen molar-refractivity contribution in [2.24, 2.45) is 13.0 Å². The molecule has 2 heterocycles. The highest BCUT2D eigenvalue weighted by Gasteiger charge is 2.20. The Kier molecular flexibility index (Phi) is 7.62. The molecule has 0 aliphatic carbocycles. The fraction of sp³-hybridized carbons (Fsp3) is 0.545. The van der Waals surface area contributed by atoms with Gasteiger partial charge in [0.05, 0.1) is 24.5 Å². The Morgan fingerprint density at radius 1 is 1.29 bits per heavy atom. The standard InChI is InChI=1S/C22H32N4O2/c1-18(28-17-20-6-4-3-5-7-20)8-11-26-12-9-19(10-13-26)14-23-22(27)21-15-24-25(2)16-21/h3-7,15-16,18-19H,8-14,17H2,1-2H3,(H,23,27). The molecule has 0 spiro atoms. The first kappa shape index (κ1) is 20.6. The van der Waals surface area contributed by atoms with E-state index in [1.54, 1.807) is 17.1 Å². The maximum absolute atomic E-state index is 12.1. The van der Waals surface area contributed by atoms with E-state index in [1.165, 1.54) is 5.56 Å². The number of rotatable bonds is 9. The van der Waals surface area contributed by atoms with E-state index in [0.717, 1.165) is 45.4 Å². The third-order valence-corrected chi connectivity index (χ3v) is 5.45. The smallest absolute Gasteiger partial charge is 0.254 e. The molecule has 0 bridgehead atoms. The zero-order valence-corrected chi connectivity index (χ0v) is 17.0. The predicted molar refractivity (Wildman–Crippen MR) is 110 cm³/mol. The average molecular weight is 385 g/mol. The Balaban J connectivity index is 1.28. The second-order valence-electron chi connectivity index (χ2n) is 7.79. The highest BCUT2D eigenvalue weighted by molar-refractivity contribution is 5.93. The fourth-order valence-electron chi connectivity index (χ4n) is 3.55. The molecule has 0 radical (unpaired) electrons. The Labute approximate surface area is 167 Å². The number of nitrogens with one attached hydrogen (secondary N) is 1. The van der Waals surface area contributed by atoms with E-state index in [1.807, 2.05) is 25.2 Å². The molecule has 1 aliphatic heterocycles. The van der Waals surface area contributed by atoms with Gasteiger partial charge in [0, 0.05) is 26.3 Å². The van der Waals surface area contributed by atoms with Crippen LogP contribution in [0.3, 0.4) is 0 Å². The summed E-state index contributed by atoms with van der Waals surface area (Å²) in [6, 6.07) is 10.3. The van der Waals surface area contributed by atoms with Crippen molar-refractivity contribution >= 4 is 5.91 Å². The summed E-state index contributed by atoms with van der Waals surface area (Å²) in [6.45, 7) is 6.85. The van der Waals surface area contributed by atoms with Crippen LogP contribution in [0.4, 0.5) is 0 Å². The summed E-state index contributed by atoms with van der Waals surface area (Å²) >= 11 is 0. The summed E-state index contributed by atoms with van der Waals surface area (Å²) in [5, 5.41) is 7.09.